The number of rotatable bonds is 4. The molecule has 0 aliphatic carbocycles. The predicted molar refractivity (Wildman–Crippen MR) is 84.7 cm³/mol. The summed E-state index contributed by atoms with van der Waals surface area (Å²) in [6.45, 7) is 0. The summed E-state index contributed by atoms with van der Waals surface area (Å²) in [4.78, 5) is 23.5. The van der Waals surface area contributed by atoms with E-state index >= 15 is 0 Å². The Labute approximate surface area is 144 Å². The fraction of sp³-hybridized carbons (Fsp3) is 0.125. The van der Waals surface area contributed by atoms with Crippen molar-refractivity contribution in [1.82, 2.24) is 0 Å². The first-order chi connectivity index (χ1) is 11.6. The summed E-state index contributed by atoms with van der Waals surface area (Å²) in [5, 5.41) is 3.98. The van der Waals surface area contributed by atoms with Crippen molar-refractivity contribution in [2.24, 2.45) is 0 Å². The number of halogens is 5. The second-order valence-corrected chi connectivity index (χ2v) is 5.38. The molecule has 0 unspecified atom stereocenters. The maximum atomic E-state index is 13.0. The van der Waals surface area contributed by atoms with Gasteiger partial charge in [0.15, 0.2) is 0 Å². The van der Waals surface area contributed by atoms with Crippen LogP contribution in [0.2, 0.25) is 5.02 Å². The van der Waals surface area contributed by atoms with E-state index < -0.39 is 40.8 Å². The number of hydrogen-bond donors (Lipinski definition) is 2. The van der Waals surface area contributed by atoms with Gasteiger partial charge in [-0.2, -0.15) is 13.2 Å². The molecule has 2 aromatic carbocycles. The molecule has 0 radical (unpaired) electrons. The third-order valence-electron chi connectivity index (χ3n) is 2.99. The number of benzene rings is 2. The minimum Gasteiger partial charge on any atom is -0.326 e. The second-order valence-electron chi connectivity index (χ2n) is 4.98. The van der Waals surface area contributed by atoms with Crippen LogP contribution in [0.1, 0.15) is 12.0 Å². The molecule has 0 saturated carbocycles. The van der Waals surface area contributed by atoms with Crippen molar-refractivity contribution in [2.45, 2.75) is 12.6 Å². The van der Waals surface area contributed by atoms with Gasteiger partial charge in [-0.25, -0.2) is 4.39 Å². The first-order valence-electron chi connectivity index (χ1n) is 6.87. The van der Waals surface area contributed by atoms with Gasteiger partial charge >= 0.3 is 6.18 Å². The molecule has 0 aromatic heterocycles. The predicted octanol–water partition coefficient (Wildman–Crippen LogP) is 4.47. The van der Waals surface area contributed by atoms with Gasteiger partial charge in [-0.05, 0) is 36.4 Å². The standard InChI is InChI=1S/C16H11ClF4N2O2/c17-13-5-4-11(7-12(13)16(19,20)21)23-15(25)8-14(24)22-10-3-1-2-9(18)6-10/h1-7H,8H2,(H,22,24)(H,23,25). The molecule has 0 atom stereocenters. The molecule has 4 nitrogen and oxygen atoms in total. The summed E-state index contributed by atoms with van der Waals surface area (Å²) in [7, 11) is 0. The summed E-state index contributed by atoms with van der Waals surface area (Å²) in [5.41, 5.74) is -1.10. The lowest BCUT2D eigenvalue weighted by molar-refractivity contribution is -0.137. The Kier molecular flexibility index (Phi) is 5.63. The monoisotopic (exact) mass is 374 g/mol. The molecule has 0 spiro atoms. The molecule has 0 bridgehead atoms. The SMILES string of the molecule is O=C(CC(=O)Nc1ccc(Cl)c(C(F)(F)F)c1)Nc1cccc(F)c1. The van der Waals surface area contributed by atoms with E-state index in [4.69, 9.17) is 11.6 Å². The smallest absolute Gasteiger partial charge is 0.326 e. The van der Waals surface area contributed by atoms with E-state index in [0.29, 0.717) is 6.07 Å². The fourth-order valence-electron chi connectivity index (χ4n) is 1.94. The van der Waals surface area contributed by atoms with Crippen LogP contribution in [-0.4, -0.2) is 11.8 Å². The van der Waals surface area contributed by atoms with Gasteiger partial charge in [0, 0.05) is 11.4 Å². The van der Waals surface area contributed by atoms with Crippen LogP contribution in [0.15, 0.2) is 42.5 Å². The van der Waals surface area contributed by atoms with Gasteiger partial charge in [0.05, 0.1) is 10.6 Å². The van der Waals surface area contributed by atoms with Gasteiger partial charge in [-0.3, -0.25) is 9.59 Å². The number of hydrogen-bond acceptors (Lipinski definition) is 2. The normalized spacial score (nSPS) is 11.1. The largest absolute Gasteiger partial charge is 0.417 e. The number of anilines is 2. The number of amides is 2. The minimum atomic E-state index is -4.67. The second kappa shape index (κ2) is 7.52. The van der Waals surface area contributed by atoms with Crippen molar-refractivity contribution in [3.05, 3.63) is 58.9 Å². The fourth-order valence-corrected chi connectivity index (χ4v) is 2.17. The zero-order valence-electron chi connectivity index (χ0n) is 12.5. The van der Waals surface area contributed by atoms with Crippen molar-refractivity contribution in [2.75, 3.05) is 10.6 Å². The van der Waals surface area contributed by atoms with Crippen LogP contribution in [0.25, 0.3) is 0 Å². The molecule has 0 fully saturated rings. The van der Waals surface area contributed by atoms with Crippen molar-refractivity contribution < 1.29 is 27.2 Å². The Bertz CT molecular complexity index is 809. The summed E-state index contributed by atoms with van der Waals surface area (Å²) in [6, 6.07) is 7.88. The molecule has 0 aliphatic rings. The van der Waals surface area contributed by atoms with Crippen LogP contribution >= 0.6 is 11.6 Å². The minimum absolute atomic E-state index is 0.153. The summed E-state index contributed by atoms with van der Waals surface area (Å²) in [6.07, 6.45) is -5.33. The Morgan fingerprint density at radius 1 is 0.960 bits per heavy atom. The number of alkyl halides is 3. The summed E-state index contributed by atoms with van der Waals surface area (Å²) in [5.74, 6) is -2.14. The Balaban J connectivity index is 1.99. The number of carbonyl (C=O) groups is 2. The highest BCUT2D eigenvalue weighted by Gasteiger charge is 2.33. The molecule has 9 heteroatoms. The Morgan fingerprint density at radius 2 is 1.56 bits per heavy atom. The van der Waals surface area contributed by atoms with E-state index in [1.807, 2.05) is 0 Å². The third kappa shape index (κ3) is 5.46. The lowest BCUT2D eigenvalue weighted by atomic mass is 10.2. The van der Waals surface area contributed by atoms with Crippen LogP contribution in [0.5, 0.6) is 0 Å². The highest BCUT2D eigenvalue weighted by atomic mass is 35.5. The average Bonchev–Trinajstić information content (AvgIpc) is 2.47. The van der Waals surface area contributed by atoms with Crippen LogP contribution in [0.3, 0.4) is 0 Å². The summed E-state index contributed by atoms with van der Waals surface area (Å²) >= 11 is 5.48. The lowest BCUT2D eigenvalue weighted by Gasteiger charge is -2.12. The molecule has 0 heterocycles. The van der Waals surface area contributed by atoms with E-state index in [0.717, 1.165) is 12.1 Å². The van der Waals surface area contributed by atoms with Gasteiger partial charge in [0.1, 0.15) is 12.2 Å². The maximum Gasteiger partial charge on any atom is 0.417 e. The highest BCUT2D eigenvalue weighted by Crippen LogP contribution is 2.36. The highest BCUT2D eigenvalue weighted by molar-refractivity contribution is 6.31. The molecule has 2 N–H and O–H groups in total. The topological polar surface area (TPSA) is 58.2 Å². The Hall–Kier alpha value is -2.61. The quantitative estimate of drug-likeness (QED) is 0.613. The van der Waals surface area contributed by atoms with E-state index in [1.54, 1.807) is 0 Å². The molecule has 2 rings (SSSR count). The maximum absolute atomic E-state index is 13.0. The third-order valence-corrected chi connectivity index (χ3v) is 3.31. The average molecular weight is 375 g/mol. The van der Waals surface area contributed by atoms with Gasteiger partial charge in [0.2, 0.25) is 11.8 Å². The van der Waals surface area contributed by atoms with E-state index in [-0.39, 0.29) is 11.4 Å². The molecule has 0 aliphatic heterocycles. The van der Waals surface area contributed by atoms with E-state index in [9.17, 15) is 27.2 Å². The van der Waals surface area contributed by atoms with Crippen molar-refractivity contribution in [1.29, 1.82) is 0 Å². The zero-order valence-corrected chi connectivity index (χ0v) is 13.2. The molecule has 0 saturated heterocycles. The number of carbonyl (C=O) groups excluding carboxylic acids is 2. The van der Waals surface area contributed by atoms with Crippen LogP contribution < -0.4 is 10.6 Å². The van der Waals surface area contributed by atoms with Gasteiger partial charge in [-0.15, -0.1) is 0 Å². The van der Waals surface area contributed by atoms with Crippen molar-refractivity contribution in [3.8, 4) is 0 Å². The molecular formula is C16H11ClF4N2O2. The molecule has 2 aromatic rings. The van der Waals surface area contributed by atoms with Crippen molar-refractivity contribution in [3.63, 3.8) is 0 Å². The Morgan fingerprint density at radius 3 is 2.12 bits per heavy atom. The molecular weight excluding hydrogens is 364 g/mol. The first kappa shape index (κ1) is 18.7. The van der Waals surface area contributed by atoms with Crippen molar-refractivity contribution >= 4 is 34.8 Å². The molecule has 132 valence electrons. The zero-order chi connectivity index (χ0) is 18.6. The molecule has 25 heavy (non-hydrogen) atoms. The van der Waals surface area contributed by atoms with Crippen LogP contribution in [0, 0.1) is 5.82 Å². The van der Waals surface area contributed by atoms with E-state index in [2.05, 4.69) is 10.6 Å². The number of nitrogens with one attached hydrogen (secondary N) is 2. The summed E-state index contributed by atoms with van der Waals surface area (Å²) < 4.78 is 51.3. The van der Waals surface area contributed by atoms with Gasteiger partial charge in [0.25, 0.3) is 0 Å². The van der Waals surface area contributed by atoms with E-state index in [1.165, 1.54) is 24.3 Å². The van der Waals surface area contributed by atoms with Gasteiger partial charge < -0.3 is 10.6 Å². The lowest BCUT2D eigenvalue weighted by Crippen LogP contribution is -2.21. The van der Waals surface area contributed by atoms with Crippen LogP contribution in [-0.2, 0) is 15.8 Å². The first-order valence-corrected chi connectivity index (χ1v) is 7.25. The van der Waals surface area contributed by atoms with Crippen LogP contribution in [0.4, 0.5) is 28.9 Å². The molecule has 2 amide bonds. The van der Waals surface area contributed by atoms with Gasteiger partial charge in [-0.1, -0.05) is 17.7 Å².